The van der Waals surface area contributed by atoms with Gasteiger partial charge < -0.3 is 15.6 Å². The van der Waals surface area contributed by atoms with E-state index in [1.807, 2.05) is 13.0 Å². The monoisotopic (exact) mass is 235 g/mol. The Bertz CT molecular complexity index is 376. The lowest BCUT2D eigenvalue weighted by Crippen LogP contribution is -2.39. The van der Waals surface area contributed by atoms with E-state index >= 15 is 0 Å². The molecule has 1 aromatic rings. The average Bonchev–Trinajstić information content (AvgIpc) is 2.35. The van der Waals surface area contributed by atoms with Gasteiger partial charge in [-0.1, -0.05) is 6.07 Å². The Hall–Kier alpha value is -1.06. The molecule has 0 fully saturated rings. The van der Waals surface area contributed by atoms with Crippen LogP contribution in [0.3, 0.4) is 0 Å². The van der Waals surface area contributed by atoms with Crippen molar-refractivity contribution >= 4 is 0 Å². The van der Waals surface area contributed by atoms with Crippen molar-refractivity contribution in [2.45, 2.75) is 44.8 Å². The van der Waals surface area contributed by atoms with E-state index in [1.165, 1.54) is 30.4 Å². The maximum atomic E-state index is 9.19. The first kappa shape index (κ1) is 12.4. The molecule has 2 rings (SSSR count). The van der Waals surface area contributed by atoms with Crippen molar-refractivity contribution in [3.8, 4) is 5.75 Å². The number of hydrogen-bond acceptors (Lipinski definition) is 3. The van der Waals surface area contributed by atoms with Gasteiger partial charge in [-0.15, -0.1) is 0 Å². The Balaban J connectivity index is 2.11. The first-order valence-electron chi connectivity index (χ1n) is 6.35. The summed E-state index contributed by atoms with van der Waals surface area (Å²) in [4.78, 5) is 0. The lowest BCUT2D eigenvalue weighted by Gasteiger charge is -2.22. The number of fused-ring (bicyclic) bond motifs is 1. The Labute approximate surface area is 103 Å². The normalized spacial score (nSPS) is 18.3. The molecule has 0 bridgehead atoms. The van der Waals surface area contributed by atoms with Crippen LogP contribution in [0, 0.1) is 0 Å². The van der Waals surface area contributed by atoms with E-state index < -0.39 is 0 Å². The summed E-state index contributed by atoms with van der Waals surface area (Å²) in [5, 5.41) is 9.19. The van der Waals surface area contributed by atoms with Crippen molar-refractivity contribution in [3.63, 3.8) is 0 Å². The van der Waals surface area contributed by atoms with Crippen molar-refractivity contribution in [1.29, 1.82) is 0 Å². The van der Waals surface area contributed by atoms with Gasteiger partial charge >= 0.3 is 0 Å². The average molecular weight is 235 g/mol. The van der Waals surface area contributed by atoms with Gasteiger partial charge in [-0.25, -0.2) is 0 Å². The number of rotatable bonds is 4. The molecule has 0 saturated heterocycles. The summed E-state index contributed by atoms with van der Waals surface area (Å²) in [5.41, 5.74) is 8.57. The van der Waals surface area contributed by atoms with Gasteiger partial charge in [0.15, 0.2) is 0 Å². The molecule has 1 aliphatic rings. The highest BCUT2D eigenvalue weighted by molar-refractivity contribution is 5.37. The van der Waals surface area contributed by atoms with E-state index in [-0.39, 0.29) is 18.8 Å². The smallest absolute Gasteiger partial charge is 0.136 e. The summed E-state index contributed by atoms with van der Waals surface area (Å²) < 4.78 is 5.72. The van der Waals surface area contributed by atoms with Crippen molar-refractivity contribution in [2.24, 2.45) is 5.73 Å². The highest BCUT2D eigenvalue weighted by atomic mass is 16.5. The Morgan fingerprint density at radius 1 is 1.29 bits per heavy atom. The third-order valence-electron chi connectivity index (χ3n) is 3.37. The summed E-state index contributed by atoms with van der Waals surface area (Å²) in [6, 6.07) is 6.05. The second-order valence-corrected chi connectivity index (χ2v) is 4.84. The van der Waals surface area contributed by atoms with E-state index in [2.05, 4.69) is 12.1 Å². The highest BCUT2D eigenvalue weighted by Gasteiger charge is 2.16. The minimum Gasteiger partial charge on any atom is -0.486 e. The first-order valence-corrected chi connectivity index (χ1v) is 6.35. The van der Waals surface area contributed by atoms with E-state index in [9.17, 15) is 5.11 Å². The van der Waals surface area contributed by atoms with Crippen LogP contribution in [0.1, 0.15) is 30.9 Å². The summed E-state index contributed by atoms with van der Waals surface area (Å²) in [6.45, 7) is 1.80. The predicted molar refractivity (Wildman–Crippen MR) is 68.2 cm³/mol. The second-order valence-electron chi connectivity index (χ2n) is 4.84. The molecule has 3 heteroatoms. The summed E-state index contributed by atoms with van der Waals surface area (Å²) >= 11 is 0. The number of ether oxygens (including phenoxy) is 1. The van der Waals surface area contributed by atoms with Crippen molar-refractivity contribution in [2.75, 3.05) is 6.61 Å². The topological polar surface area (TPSA) is 55.5 Å². The van der Waals surface area contributed by atoms with Gasteiger partial charge in [0, 0.05) is 6.04 Å². The van der Waals surface area contributed by atoms with Crippen LogP contribution in [-0.2, 0) is 12.8 Å². The molecule has 0 saturated carbocycles. The molecule has 0 amide bonds. The van der Waals surface area contributed by atoms with E-state index in [0.29, 0.717) is 0 Å². The van der Waals surface area contributed by atoms with Crippen LogP contribution in [0.15, 0.2) is 18.2 Å². The van der Waals surface area contributed by atoms with Gasteiger partial charge in [0.2, 0.25) is 0 Å². The van der Waals surface area contributed by atoms with E-state index in [0.717, 1.165) is 12.2 Å². The fourth-order valence-electron chi connectivity index (χ4n) is 2.27. The van der Waals surface area contributed by atoms with E-state index in [4.69, 9.17) is 10.5 Å². The molecule has 2 unspecified atom stereocenters. The minimum absolute atomic E-state index is 0.0469. The molecule has 0 heterocycles. The lowest BCUT2D eigenvalue weighted by molar-refractivity contribution is 0.0990. The molecular weight excluding hydrogens is 214 g/mol. The number of benzene rings is 1. The van der Waals surface area contributed by atoms with Crippen LogP contribution in [0.2, 0.25) is 0 Å². The summed E-state index contributed by atoms with van der Waals surface area (Å²) in [5.74, 6) is 0.821. The molecule has 2 atom stereocenters. The van der Waals surface area contributed by atoms with Gasteiger partial charge in [0.1, 0.15) is 11.9 Å². The van der Waals surface area contributed by atoms with Crippen LogP contribution in [-0.4, -0.2) is 23.9 Å². The molecule has 94 valence electrons. The van der Waals surface area contributed by atoms with Crippen LogP contribution in [0.4, 0.5) is 0 Å². The number of nitrogens with two attached hydrogens (primary N) is 1. The van der Waals surface area contributed by atoms with Crippen molar-refractivity contribution < 1.29 is 9.84 Å². The van der Waals surface area contributed by atoms with Crippen molar-refractivity contribution in [1.82, 2.24) is 0 Å². The zero-order chi connectivity index (χ0) is 12.3. The number of aliphatic hydroxyl groups is 1. The molecule has 0 spiro atoms. The molecular formula is C14H21NO2. The van der Waals surface area contributed by atoms with Gasteiger partial charge in [0.25, 0.3) is 0 Å². The van der Waals surface area contributed by atoms with Crippen molar-refractivity contribution in [3.05, 3.63) is 29.3 Å². The first-order chi connectivity index (χ1) is 8.20. The Morgan fingerprint density at radius 2 is 2.00 bits per heavy atom. The molecule has 0 aromatic heterocycles. The second kappa shape index (κ2) is 5.52. The summed E-state index contributed by atoms with van der Waals surface area (Å²) in [6.07, 6.45) is 4.52. The number of aryl methyl sites for hydroxylation is 2. The molecule has 0 aliphatic heterocycles. The SMILES string of the molecule is CC(N)C(CO)Oc1ccc2c(c1)CCCC2. The van der Waals surface area contributed by atoms with Gasteiger partial charge in [-0.3, -0.25) is 0 Å². The van der Waals surface area contributed by atoms with Crippen LogP contribution in [0.25, 0.3) is 0 Å². The zero-order valence-electron chi connectivity index (χ0n) is 10.4. The Morgan fingerprint density at radius 3 is 2.65 bits per heavy atom. The largest absolute Gasteiger partial charge is 0.486 e. The van der Waals surface area contributed by atoms with Crippen LogP contribution in [0.5, 0.6) is 5.75 Å². The van der Waals surface area contributed by atoms with Crippen LogP contribution >= 0.6 is 0 Å². The third-order valence-corrected chi connectivity index (χ3v) is 3.37. The van der Waals surface area contributed by atoms with Gasteiger partial charge in [0.05, 0.1) is 6.61 Å². The molecule has 0 radical (unpaired) electrons. The summed E-state index contributed by atoms with van der Waals surface area (Å²) in [7, 11) is 0. The lowest BCUT2D eigenvalue weighted by atomic mass is 9.92. The predicted octanol–water partition coefficient (Wildman–Crippen LogP) is 1.65. The fraction of sp³-hybridized carbons (Fsp3) is 0.571. The maximum absolute atomic E-state index is 9.19. The van der Waals surface area contributed by atoms with E-state index in [1.54, 1.807) is 0 Å². The number of aliphatic hydroxyl groups excluding tert-OH is 1. The molecule has 1 aliphatic carbocycles. The third kappa shape index (κ3) is 2.99. The standard InChI is InChI=1S/C14H21NO2/c1-10(15)14(9-16)17-13-7-6-11-4-2-3-5-12(11)8-13/h6-8,10,14,16H,2-5,9,15H2,1H3. The highest BCUT2D eigenvalue weighted by Crippen LogP contribution is 2.25. The molecule has 3 N–H and O–H groups in total. The van der Waals surface area contributed by atoms with Crippen LogP contribution < -0.4 is 10.5 Å². The molecule has 17 heavy (non-hydrogen) atoms. The van der Waals surface area contributed by atoms with Gasteiger partial charge in [-0.2, -0.15) is 0 Å². The van der Waals surface area contributed by atoms with Gasteiger partial charge in [-0.05, 0) is 55.9 Å². The zero-order valence-corrected chi connectivity index (χ0v) is 10.4. The quantitative estimate of drug-likeness (QED) is 0.834. The fourth-order valence-corrected chi connectivity index (χ4v) is 2.27. The molecule has 3 nitrogen and oxygen atoms in total. The number of hydrogen-bond donors (Lipinski definition) is 2. The minimum atomic E-state index is -0.323. The molecule has 1 aromatic carbocycles. The maximum Gasteiger partial charge on any atom is 0.136 e. The Kier molecular flexibility index (Phi) is 4.02.